The molecule has 3 rings (SSSR count). The first-order valence-corrected chi connectivity index (χ1v) is 7.60. The molecule has 0 bridgehead atoms. The topological polar surface area (TPSA) is 88.8 Å². The van der Waals surface area contributed by atoms with E-state index in [-0.39, 0.29) is 23.5 Å². The van der Waals surface area contributed by atoms with Gasteiger partial charge in [0.25, 0.3) is 0 Å². The van der Waals surface area contributed by atoms with Crippen LogP contribution >= 0.6 is 0 Å². The molecule has 5 heteroatoms. The van der Waals surface area contributed by atoms with Gasteiger partial charge in [0.05, 0.1) is 5.69 Å². The van der Waals surface area contributed by atoms with E-state index < -0.39 is 0 Å². The van der Waals surface area contributed by atoms with Crippen molar-refractivity contribution in [2.45, 2.75) is 25.7 Å². The SMILES string of the molecule is NC(=O)[C@@H]1CCCC[C@H]1C(=O)c1ccc(-c2ccn[nH]2)cc1. The van der Waals surface area contributed by atoms with Crippen LogP contribution in [0.5, 0.6) is 0 Å². The Morgan fingerprint density at radius 2 is 1.73 bits per heavy atom. The molecule has 0 radical (unpaired) electrons. The third-order valence-corrected chi connectivity index (χ3v) is 4.45. The van der Waals surface area contributed by atoms with Crippen LogP contribution in [0.4, 0.5) is 0 Å². The maximum Gasteiger partial charge on any atom is 0.221 e. The van der Waals surface area contributed by atoms with E-state index in [0.717, 1.165) is 36.9 Å². The molecule has 1 heterocycles. The predicted molar refractivity (Wildman–Crippen MR) is 83.0 cm³/mol. The third-order valence-electron chi connectivity index (χ3n) is 4.45. The standard InChI is InChI=1S/C17H19N3O2/c18-17(22)14-4-2-1-3-13(14)16(21)12-7-5-11(6-8-12)15-9-10-19-20-15/h5-10,13-14H,1-4H2,(H2,18,22)(H,19,20)/t13-,14-/m1/s1. The lowest BCUT2D eigenvalue weighted by Gasteiger charge is -2.28. The first kappa shape index (κ1) is 14.5. The number of carbonyl (C=O) groups is 2. The Balaban J connectivity index is 1.81. The van der Waals surface area contributed by atoms with Crippen molar-refractivity contribution in [1.29, 1.82) is 0 Å². The number of rotatable bonds is 4. The molecule has 0 spiro atoms. The van der Waals surface area contributed by atoms with Gasteiger partial charge < -0.3 is 5.73 Å². The number of hydrogen-bond donors (Lipinski definition) is 2. The monoisotopic (exact) mass is 297 g/mol. The Morgan fingerprint density at radius 1 is 1.05 bits per heavy atom. The van der Waals surface area contributed by atoms with Crippen molar-refractivity contribution in [3.05, 3.63) is 42.1 Å². The summed E-state index contributed by atoms with van der Waals surface area (Å²) in [6.07, 6.45) is 5.10. The van der Waals surface area contributed by atoms with Crippen LogP contribution in [0.2, 0.25) is 0 Å². The molecule has 1 aliphatic carbocycles. The molecule has 1 fully saturated rings. The molecule has 2 atom stereocenters. The van der Waals surface area contributed by atoms with E-state index in [1.165, 1.54) is 0 Å². The first-order valence-electron chi connectivity index (χ1n) is 7.60. The smallest absolute Gasteiger partial charge is 0.221 e. The van der Waals surface area contributed by atoms with E-state index in [9.17, 15) is 9.59 Å². The average Bonchev–Trinajstić information content (AvgIpc) is 3.09. The van der Waals surface area contributed by atoms with Gasteiger partial charge in [-0.1, -0.05) is 37.1 Å². The summed E-state index contributed by atoms with van der Waals surface area (Å²) in [5.74, 6) is -0.926. The van der Waals surface area contributed by atoms with Crippen molar-refractivity contribution in [3.63, 3.8) is 0 Å². The molecular weight excluding hydrogens is 278 g/mol. The maximum atomic E-state index is 12.7. The zero-order valence-corrected chi connectivity index (χ0v) is 12.3. The van der Waals surface area contributed by atoms with Crippen LogP contribution in [0.25, 0.3) is 11.3 Å². The summed E-state index contributed by atoms with van der Waals surface area (Å²) in [6, 6.07) is 9.28. The lowest BCUT2D eigenvalue weighted by Crippen LogP contribution is -2.36. The Morgan fingerprint density at radius 3 is 2.32 bits per heavy atom. The van der Waals surface area contributed by atoms with Crippen LogP contribution in [0.15, 0.2) is 36.5 Å². The summed E-state index contributed by atoms with van der Waals surface area (Å²) >= 11 is 0. The second kappa shape index (κ2) is 6.13. The van der Waals surface area contributed by atoms with E-state index in [1.54, 1.807) is 6.20 Å². The largest absolute Gasteiger partial charge is 0.369 e. The highest BCUT2D eigenvalue weighted by atomic mass is 16.1. The van der Waals surface area contributed by atoms with E-state index in [1.807, 2.05) is 30.3 Å². The van der Waals surface area contributed by atoms with Gasteiger partial charge in [-0.3, -0.25) is 14.7 Å². The van der Waals surface area contributed by atoms with Gasteiger partial charge in [0, 0.05) is 23.6 Å². The van der Waals surface area contributed by atoms with Gasteiger partial charge >= 0.3 is 0 Å². The lowest BCUT2D eigenvalue weighted by atomic mass is 9.75. The Labute approximate surface area is 128 Å². The molecule has 2 aromatic rings. The molecule has 22 heavy (non-hydrogen) atoms. The first-order chi connectivity index (χ1) is 10.7. The normalized spacial score (nSPS) is 21.5. The fourth-order valence-corrected chi connectivity index (χ4v) is 3.23. The van der Waals surface area contributed by atoms with Gasteiger partial charge in [-0.05, 0) is 24.5 Å². The Hall–Kier alpha value is -2.43. The summed E-state index contributed by atoms with van der Waals surface area (Å²) < 4.78 is 0. The average molecular weight is 297 g/mol. The zero-order valence-electron chi connectivity index (χ0n) is 12.3. The van der Waals surface area contributed by atoms with Crippen LogP contribution in [-0.4, -0.2) is 21.9 Å². The minimum atomic E-state index is -0.355. The second-order valence-corrected chi connectivity index (χ2v) is 5.81. The van der Waals surface area contributed by atoms with Crippen molar-refractivity contribution in [2.24, 2.45) is 17.6 Å². The highest BCUT2D eigenvalue weighted by Crippen LogP contribution is 2.32. The van der Waals surface area contributed by atoms with Crippen molar-refractivity contribution in [1.82, 2.24) is 10.2 Å². The molecule has 3 N–H and O–H groups in total. The van der Waals surface area contributed by atoms with E-state index in [4.69, 9.17) is 5.73 Å². The molecule has 5 nitrogen and oxygen atoms in total. The number of ketones is 1. The Bertz CT molecular complexity index is 662. The van der Waals surface area contributed by atoms with E-state index >= 15 is 0 Å². The summed E-state index contributed by atoms with van der Waals surface area (Å²) in [5.41, 5.74) is 7.98. The molecule has 0 saturated heterocycles. The number of Topliss-reactive ketones (excluding diaryl/α,β-unsaturated/α-hetero) is 1. The number of carbonyl (C=O) groups excluding carboxylic acids is 2. The number of aromatic nitrogens is 2. The summed E-state index contributed by atoms with van der Waals surface area (Å²) in [5, 5.41) is 6.81. The van der Waals surface area contributed by atoms with Gasteiger partial charge in [-0.2, -0.15) is 5.10 Å². The van der Waals surface area contributed by atoms with Crippen molar-refractivity contribution in [2.75, 3.05) is 0 Å². The number of nitrogens with zero attached hydrogens (tertiary/aromatic N) is 1. The van der Waals surface area contributed by atoms with Crippen molar-refractivity contribution >= 4 is 11.7 Å². The molecule has 0 aliphatic heterocycles. The third kappa shape index (κ3) is 2.79. The highest BCUT2D eigenvalue weighted by molar-refractivity contribution is 6.00. The molecular formula is C17H19N3O2. The maximum absolute atomic E-state index is 12.7. The fourth-order valence-electron chi connectivity index (χ4n) is 3.23. The summed E-state index contributed by atoms with van der Waals surface area (Å²) in [6.45, 7) is 0. The van der Waals surface area contributed by atoms with E-state index in [2.05, 4.69) is 10.2 Å². The minimum Gasteiger partial charge on any atom is -0.369 e. The van der Waals surface area contributed by atoms with Crippen LogP contribution in [0.1, 0.15) is 36.0 Å². The molecule has 114 valence electrons. The van der Waals surface area contributed by atoms with Gasteiger partial charge in [0.15, 0.2) is 5.78 Å². The second-order valence-electron chi connectivity index (χ2n) is 5.81. The highest BCUT2D eigenvalue weighted by Gasteiger charge is 2.34. The number of hydrogen-bond acceptors (Lipinski definition) is 3. The van der Waals surface area contributed by atoms with Crippen LogP contribution in [0, 0.1) is 11.8 Å². The number of amides is 1. The fraction of sp³-hybridized carbons (Fsp3) is 0.353. The molecule has 1 amide bonds. The van der Waals surface area contributed by atoms with Crippen LogP contribution in [0.3, 0.4) is 0 Å². The number of H-pyrrole nitrogens is 1. The predicted octanol–water partition coefficient (Wildman–Crippen LogP) is 2.55. The zero-order chi connectivity index (χ0) is 15.5. The van der Waals surface area contributed by atoms with Gasteiger partial charge in [0.1, 0.15) is 0 Å². The number of primary amides is 1. The quantitative estimate of drug-likeness (QED) is 0.850. The van der Waals surface area contributed by atoms with E-state index in [0.29, 0.717) is 5.56 Å². The van der Waals surface area contributed by atoms with Gasteiger partial charge in [-0.25, -0.2) is 0 Å². The number of aromatic amines is 1. The molecule has 1 aliphatic rings. The lowest BCUT2D eigenvalue weighted by molar-refractivity contribution is -0.123. The molecule has 0 unspecified atom stereocenters. The Kier molecular flexibility index (Phi) is 4.04. The van der Waals surface area contributed by atoms with Crippen molar-refractivity contribution < 1.29 is 9.59 Å². The summed E-state index contributed by atoms with van der Waals surface area (Å²) in [4.78, 5) is 24.3. The number of nitrogens with one attached hydrogen (secondary N) is 1. The minimum absolute atomic E-state index is 0.0275. The van der Waals surface area contributed by atoms with Crippen LogP contribution < -0.4 is 5.73 Å². The molecule has 1 aromatic carbocycles. The van der Waals surface area contributed by atoms with Gasteiger partial charge in [-0.15, -0.1) is 0 Å². The number of nitrogens with two attached hydrogens (primary N) is 1. The molecule has 1 saturated carbocycles. The number of benzene rings is 1. The van der Waals surface area contributed by atoms with Crippen LogP contribution in [-0.2, 0) is 4.79 Å². The molecule has 1 aromatic heterocycles. The van der Waals surface area contributed by atoms with Gasteiger partial charge in [0.2, 0.25) is 5.91 Å². The summed E-state index contributed by atoms with van der Waals surface area (Å²) in [7, 11) is 0. The van der Waals surface area contributed by atoms with Crippen molar-refractivity contribution in [3.8, 4) is 11.3 Å².